The van der Waals surface area contributed by atoms with E-state index in [4.69, 9.17) is 9.47 Å². The number of nitrogens with one attached hydrogen (secondary N) is 2. The Balaban J connectivity index is 1.55. The van der Waals surface area contributed by atoms with Crippen LogP contribution in [0.25, 0.3) is 0 Å². The summed E-state index contributed by atoms with van der Waals surface area (Å²) in [6.45, 7) is 4.64. The predicted octanol–water partition coefficient (Wildman–Crippen LogP) is 2.98. The number of rotatable bonds is 9. The predicted molar refractivity (Wildman–Crippen MR) is 121 cm³/mol. The molecule has 0 aliphatic heterocycles. The Labute approximate surface area is 190 Å². The van der Waals surface area contributed by atoms with Gasteiger partial charge in [-0.25, -0.2) is 0 Å². The SMILES string of the molecule is CCOc1ccc(C(=O)NNC(=O)c2ccc(CSc3nncn3C)cc2)cc1OCC. The highest BCUT2D eigenvalue weighted by Gasteiger charge is 2.13. The largest absolute Gasteiger partial charge is 0.490 e. The summed E-state index contributed by atoms with van der Waals surface area (Å²) in [5.74, 6) is 0.863. The van der Waals surface area contributed by atoms with E-state index in [9.17, 15) is 9.59 Å². The molecule has 1 heterocycles. The standard InChI is InChI=1S/C22H25N5O4S/c1-4-30-18-11-10-17(12-19(18)31-5-2)21(29)25-24-20(28)16-8-6-15(7-9-16)13-32-22-26-23-14-27(22)3/h6-12,14H,4-5,13H2,1-3H3,(H,24,28)(H,25,29). The molecule has 1 aromatic heterocycles. The van der Waals surface area contributed by atoms with Crippen molar-refractivity contribution < 1.29 is 19.1 Å². The van der Waals surface area contributed by atoms with Crippen molar-refractivity contribution in [2.24, 2.45) is 7.05 Å². The molecule has 10 heteroatoms. The lowest BCUT2D eigenvalue weighted by Crippen LogP contribution is -2.41. The first kappa shape index (κ1) is 23.1. The van der Waals surface area contributed by atoms with Gasteiger partial charge in [-0.2, -0.15) is 0 Å². The molecule has 0 fully saturated rings. The summed E-state index contributed by atoms with van der Waals surface area (Å²) in [4.78, 5) is 24.8. The fraction of sp³-hybridized carbons (Fsp3) is 0.273. The van der Waals surface area contributed by atoms with Gasteiger partial charge in [0.05, 0.1) is 13.2 Å². The number of ether oxygens (including phenoxy) is 2. The Morgan fingerprint density at radius 1 is 0.938 bits per heavy atom. The molecule has 0 saturated heterocycles. The normalized spacial score (nSPS) is 10.5. The molecule has 0 bridgehead atoms. The van der Waals surface area contributed by atoms with Crippen molar-refractivity contribution in [1.82, 2.24) is 25.6 Å². The molecule has 2 amide bonds. The minimum Gasteiger partial charge on any atom is -0.490 e. The summed E-state index contributed by atoms with van der Waals surface area (Å²) < 4.78 is 12.9. The molecule has 2 aromatic carbocycles. The molecule has 0 aliphatic rings. The monoisotopic (exact) mass is 455 g/mol. The lowest BCUT2D eigenvalue weighted by Gasteiger charge is -2.13. The maximum atomic E-state index is 12.4. The van der Waals surface area contributed by atoms with Gasteiger partial charge >= 0.3 is 0 Å². The van der Waals surface area contributed by atoms with E-state index < -0.39 is 11.8 Å². The van der Waals surface area contributed by atoms with E-state index in [1.54, 1.807) is 48.4 Å². The second-order valence-electron chi connectivity index (χ2n) is 6.65. The van der Waals surface area contributed by atoms with Crippen molar-refractivity contribution in [2.45, 2.75) is 24.8 Å². The van der Waals surface area contributed by atoms with Crippen LogP contribution in [0, 0.1) is 0 Å². The summed E-state index contributed by atoms with van der Waals surface area (Å²) in [6, 6.07) is 12.0. The van der Waals surface area contributed by atoms with Gasteiger partial charge in [0.25, 0.3) is 11.8 Å². The maximum absolute atomic E-state index is 12.4. The van der Waals surface area contributed by atoms with Crippen LogP contribution >= 0.6 is 11.8 Å². The minimum atomic E-state index is -0.459. The average Bonchev–Trinajstić information content (AvgIpc) is 3.22. The smallest absolute Gasteiger partial charge is 0.269 e. The second-order valence-corrected chi connectivity index (χ2v) is 7.59. The van der Waals surface area contributed by atoms with E-state index in [-0.39, 0.29) is 0 Å². The summed E-state index contributed by atoms with van der Waals surface area (Å²) in [7, 11) is 1.88. The molecule has 168 valence electrons. The molecule has 0 saturated carbocycles. The van der Waals surface area contributed by atoms with Crippen LogP contribution in [0.3, 0.4) is 0 Å². The van der Waals surface area contributed by atoms with E-state index in [0.717, 1.165) is 10.7 Å². The van der Waals surface area contributed by atoms with Crippen LogP contribution in [0.5, 0.6) is 11.5 Å². The Morgan fingerprint density at radius 2 is 1.56 bits per heavy atom. The minimum absolute atomic E-state index is 0.341. The van der Waals surface area contributed by atoms with Crippen molar-refractivity contribution in [2.75, 3.05) is 13.2 Å². The van der Waals surface area contributed by atoms with Crippen LogP contribution in [-0.4, -0.2) is 39.8 Å². The van der Waals surface area contributed by atoms with Crippen molar-refractivity contribution in [1.29, 1.82) is 0 Å². The van der Waals surface area contributed by atoms with Crippen LogP contribution in [0.4, 0.5) is 0 Å². The molecule has 0 spiro atoms. The van der Waals surface area contributed by atoms with Gasteiger partial charge in [0.1, 0.15) is 6.33 Å². The first-order chi connectivity index (χ1) is 15.5. The Morgan fingerprint density at radius 3 is 2.19 bits per heavy atom. The number of carbonyl (C=O) groups is 2. The summed E-state index contributed by atoms with van der Waals surface area (Å²) in [5.41, 5.74) is 6.67. The zero-order valence-electron chi connectivity index (χ0n) is 18.1. The van der Waals surface area contributed by atoms with Gasteiger partial charge < -0.3 is 14.0 Å². The Bertz CT molecular complexity index is 1070. The number of carbonyl (C=O) groups excluding carboxylic acids is 2. The fourth-order valence-corrected chi connectivity index (χ4v) is 3.60. The van der Waals surface area contributed by atoms with Gasteiger partial charge in [0.15, 0.2) is 16.7 Å². The van der Waals surface area contributed by atoms with Crippen LogP contribution in [0.2, 0.25) is 0 Å². The van der Waals surface area contributed by atoms with Crippen molar-refractivity contribution >= 4 is 23.6 Å². The van der Waals surface area contributed by atoms with E-state index in [1.807, 2.05) is 37.6 Å². The third kappa shape index (κ3) is 6.01. The van der Waals surface area contributed by atoms with Gasteiger partial charge in [-0.1, -0.05) is 23.9 Å². The summed E-state index contributed by atoms with van der Waals surface area (Å²) >= 11 is 1.55. The number of benzene rings is 2. The number of amides is 2. The topological polar surface area (TPSA) is 107 Å². The molecule has 0 atom stereocenters. The number of aromatic nitrogens is 3. The van der Waals surface area contributed by atoms with Crippen LogP contribution in [0.15, 0.2) is 53.9 Å². The molecule has 0 aliphatic carbocycles. The van der Waals surface area contributed by atoms with E-state index in [0.29, 0.717) is 41.6 Å². The van der Waals surface area contributed by atoms with Crippen molar-refractivity contribution in [3.63, 3.8) is 0 Å². The molecular formula is C22H25N5O4S. The van der Waals surface area contributed by atoms with Gasteiger partial charge in [-0.3, -0.25) is 20.4 Å². The highest BCUT2D eigenvalue weighted by atomic mass is 32.2. The van der Waals surface area contributed by atoms with E-state index in [1.165, 1.54) is 0 Å². The maximum Gasteiger partial charge on any atom is 0.269 e. The summed E-state index contributed by atoms with van der Waals surface area (Å²) in [5, 5.41) is 8.69. The third-order valence-corrected chi connectivity index (χ3v) is 5.45. The van der Waals surface area contributed by atoms with E-state index >= 15 is 0 Å². The Kier molecular flexibility index (Phi) is 8.09. The molecule has 9 nitrogen and oxygen atoms in total. The van der Waals surface area contributed by atoms with Gasteiger partial charge in [0, 0.05) is 23.9 Å². The molecule has 3 rings (SSSR count). The van der Waals surface area contributed by atoms with Crippen molar-refractivity contribution in [3.05, 3.63) is 65.5 Å². The third-order valence-electron chi connectivity index (χ3n) is 4.35. The quantitative estimate of drug-likeness (QED) is 0.377. The number of aryl methyl sites for hydroxylation is 1. The molecular weight excluding hydrogens is 430 g/mol. The fourth-order valence-electron chi connectivity index (χ4n) is 2.75. The molecule has 32 heavy (non-hydrogen) atoms. The lowest BCUT2D eigenvalue weighted by atomic mass is 10.1. The highest BCUT2D eigenvalue weighted by Crippen LogP contribution is 2.28. The number of thioether (sulfide) groups is 1. The molecule has 0 unspecified atom stereocenters. The molecule has 0 radical (unpaired) electrons. The summed E-state index contributed by atoms with van der Waals surface area (Å²) in [6.07, 6.45) is 1.65. The first-order valence-corrected chi connectivity index (χ1v) is 11.1. The second kappa shape index (κ2) is 11.2. The zero-order chi connectivity index (χ0) is 22.9. The van der Waals surface area contributed by atoms with Crippen LogP contribution in [0.1, 0.15) is 40.1 Å². The first-order valence-electron chi connectivity index (χ1n) is 10.1. The number of hydrogen-bond acceptors (Lipinski definition) is 7. The Hall–Kier alpha value is -3.53. The lowest BCUT2D eigenvalue weighted by molar-refractivity contribution is 0.0846. The molecule has 3 aromatic rings. The van der Waals surface area contributed by atoms with Gasteiger partial charge in [-0.05, 0) is 49.7 Å². The van der Waals surface area contributed by atoms with Gasteiger partial charge in [-0.15, -0.1) is 10.2 Å². The number of nitrogens with zero attached hydrogens (tertiary/aromatic N) is 3. The van der Waals surface area contributed by atoms with E-state index in [2.05, 4.69) is 21.0 Å². The highest BCUT2D eigenvalue weighted by molar-refractivity contribution is 7.98. The number of hydrazine groups is 1. The van der Waals surface area contributed by atoms with Gasteiger partial charge in [0.2, 0.25) is 0 Å². The van der Waals surface area contributed by atoms with Crippen LogP contribution < -0.4 is 20.3 Å². The van der Waals surface area contributed by atoms with Crippen LogP contribution in [-0.2, 0) is 12.8 Å². The van der Waals surface area contributed by atoms with Crippen molar-refractivity contribution in [3.8, 4) is 11.5 Å². The number of hydrogen-bond donors (Lipinski definition) is 2. The zero-order valence-corrected chi connectivity index (χ0v) is 18.9. The molecule has 2 N–H and O–H groups in total. The average molecular weight is 456 g/mol.